The molecule has 0 unspecified atom stereocenters. The fourth-order valence-electron chi connectivity index (χ4n) is 5.94. The van der Waals surface area contributed by atoms with Crippen LogP contribution in [-0.4, -0.2) is 0 Å². The molecule has 0 radical (unpaired) electrons. The lowest BCUT2D eigenvalue weighted by Crippen LogP contribution is -2.25. The standard InChI is InChI=1S/C28H36F2O/c1-2-6-20-9-11-22(12-10-20)23-13-15-24(16-14-23)25-17-26(29)28(30)27(18-25)31-19-21-7-4-3-5-8-21/h3-5,7-8,17-18,20,22-24H,2,6,9-16,19H2,1H3. The first-order valence-corrected chi connectivity index (χ1v) is 12.3. The second-order valence-corrected chi connectivity index (χ2v) is 9.77. The van der Waals surface area contributed by atoms with Crippen molar-refractivity contribution in [2.45, 2.75) is 83.7 Å². The van der Waals surface area contributed by atoms with Crippen molar-refractivity contribution < 1.29 is 13.5 Å². The van der Waals surface area contributed by atoms with E-state index in [1.54, 1.807) is 6.07 Å². The molecular weight excluding hydrogens is 390 g/mol. The first-order valence-electron chi connectivity index (χ1n) is 12.3. The largest absolute Gasteiger partial charge is 0.486 e. The SMILES string of the molecule is CCCC1CCC(C2CCC(c3cc(F)c(F)c(OCc4ccccc4)c3)CC2)CC1. The number of rotatable bonds is 7. The fraction of sp³-hybridized carbons (Fsp3) is 0.571. The van der Waals surface area contributed by atoms with Crippen LogP contribution in [0.2, 0.25) is 0 Å². The van der Waals surface area contributed by atoms with E-state index in [1.165, 1.54) is 57.4 Å². The van der Waals surface area contributed by atoms with E-state index in [4.69, 9.17) is 4.74 Å². The van der Waals surface area contributed by atoms with Crippen LogP contribution < -0.4 is 4.74 Å². The van der Waals surface area contributed by atoms with Crippen LogP contribution in [0, 0.1) is 29.4 Å². The molecule has 0 N–H and O–H groups in total. The highest BCUT2D eigenvalue weighted by Crippen LogP contribution is 2.45. The molecule has 0 spiro atoms. The van der Waals surface area contributed by atoms with Crippen molar-refractivity contribution in [3.63, 3.8) is 0 Å². The molecule has 2 aliphatic carbocycles. The monoisotopic (exact) mass is 426 g/mol. The molecule has 3 heteroatoms. The first kappa shape index (κ1) is 22.3. The summed E-state index contributed by atoms with van der Waals surface area (Å²) in [6.45, 7) is 2.54. The Balaban J connectivity index is 1.34. The van der Waals surface area contributed by atoms with Gasteiger partial charge in [0, 0.05) is 0 Å². The molecular formula is C28H36F2O. The quantitative estimate of drug-likeness (QED) is 0.432. The molecule has 2 saturated carbocycles. The zero-order chi connectivity index (χ0) is 21.6. The van der Waals surface area contributed by atoms with E-state index in [1.807, 2.05) is 30.3 Å². The van der Waals surface area contributed by atoms with Crippen molar-refractivity contribution in [2.75, 3.05) is 0 Å². The molecule has 0 aromatic heterocycles. The third-order valence-corrected chi connectivity index (χ3v) is 7.75. The average molecular weight is 427 g/mol. The molecule has 2 aromatic carbocycles. The number of benzene rings is 2. The van der Waals surface area contributed by atoms with E-state index in [-0.39, 0.29) is 12.4 Å². The summed E-state index contributed by atoms with van der Waals surface area (Å²) in [5, 5.41) is 0. The van der Waals surface area contributed by atoms with Gasteiger partial charge >= 0.3 is 0 Å². The Bertz CT molecular complexity index is 818. The minimum atomic E-state index is -0.878. The smallest absolute Gasteiger partial charge is 0.200 e. The molecule has 4 rings (SSSR count). The minimum absolute atomic E-state index is 0.0372. The summed E-state index contributed by atoms with van der Waals surface area (Å²) in [5.74, 6) is 1.32. The van der Waals surface area contributed by atoms with Crippen LogP contribution in [0.3, 0.4) is 0 Å². The predicted octanol–water partition coefficient (Wildman–Crippen LogP) is 8.42. The highest BCUT2D eigenvalue weighted by molar-refractivity contribution is 5.34. The Kier molecular flexibility index (Phi) is 7.63. The van der Waals surface area contributed by atoms with Crippen LogP contribution in [0.25, 0.3) is 0 Å². The third-order valence-electron chi connectivity index (χ3n) is 7.75. The molecule has 2 aromatic rings. The molecule has 0 bridgehead atoms. The summed E-state index contributed by atoms with van der Waals surface area (Å²) in [4.78, 5) is 0. The highest BCUT2D eigenvalue weighted by atomic mass is 19.2. The van der Waals surface area contributed by atoms with Crippen molar-refractivity contribution in [3.8, 4) is 5.75 Å². The first-order chi connectivity index (χ1) is 15.1. The molecule has 0 aliphatic heterocycles. The molecule has 1 nitrogen and oxygen atoms in total. The Labute approximate surface area is 186 Å². The molecule has 0 saturated heterocycles. The summed E-state index contributed by atoms with van der Waals surface area (Å²) in [6, 6.07) is 12.7. The van der Waals surface area contributed by atoms with Crippen LogP contribution in [0.15, 0.2) is 42.5 Å². The van der Waals surface area contributed by atoms with E-state index >= 15 is 0 Å². The van der Waals surface area contributed by atoms with Crippen molar-refractivity contribution in [2.24, 2.45) is 17.8 Å². The number of halogens is 2. The van der Waals surface area contributed by atoms with Gasteiger partial charge in [-0.3, -0.25) is 0 Å². The predicted molar refractivity (Wildman–Crippen MR) is 122 cm³/mol. The normalized spacial score (nSPS) is 26.5. The van der Waals surface area contributed by atoms with Gasteiger partial charge < -0.3 is 4.74 Å². The Morgan fingerprint density at radius 1 is 0.839 bits per heavy atom. The molecule has 2 aliphatic rings. The zero-order valence-electron chi connectivity index (χ0n) is 18.8. The Hall–Kier alpha value is -1.90. The number of hydrogen-bond acceptors (Lipinski definition) is 1. The molecule has 2 fully saturated rings. The second kappa shape index (κ2) is 10.6. The Morgan fingerprint density at radius 2 is 1.48 bits per heavy atom. The van der Waals surface area contributed by atoms with Crippen molar-refractivity contribution >= 4 is 0 Å². The molecule has 0 amide bonds. The Morgan fingerprint density at radius 3 is 2.13 bits per heavy atom. The van der Waals surface area contributed by atoms with E-state index in [0.717, 1.165) is 41.7 Å². The summed E-state index contributed by atoms with van der Waals surface area (Å²) in [6.07, 6.45) is 12.9. The van der Waals surface area contributed by atoms with Crippen LogP contribution >= 0.6 is 0 Å². The van der Waals surface area contributed by atoms with Gasteiger partial charge in [0.25, 0.3) is 0 Å². The van der Waals surface area contributed by atoms with Gasteiger partial charge in [-0.25, -0.2) is 4.39 Å². The lowest BCUT2D eigenvalue weighted by molar-refractivity contribution is 0.156. The number of hydrogen-bond donors (Lipinski definition) is 0. The van der Waals surface area contributed by atoms with Crippen LogP contribution in [0.1, 0.15) is 88.2 Å². The molecule has 31 heavy (non-hydrogen) atoms. The zero-order valence-corrected chi connectivity index (χ0v) is 18.8. The number of ether oxygens (including phenoxy) is 1. The average Bonchev–Trinajstić information content (AvgIpc) is 2.81. The summed E-state index contributed by atoms with van der Waals surface area (Å²) in [7, 11) is 0. The molecule has 0 atom stereocenters. The van der Waals surface area contributed by atoms with Gasteiger partial charge in [0.1, 0.15) is 6.61 Å². The summed E-state index contributed by atoms with van der Waals surface area (Å²) >= 11 is 0. The maximum atomic E-state index is 14.3. The van der Waals surface area contributed by atoms with Crippen molar-refractivity contribution in [3.05, 3.63) is 65.2 Å². The van der Waals surface area contributed by atoms with Gasteiger partial charge in [-0.1, -0.05) is 62.9 Å². The maximum Gasteiger partial charge on any atom is 0.200 e. The lowest BCUT2D eigenvalue weighted by Gasteiger charge is -2.38. The van der Waals surface area contributed by atoms with Crippen LogP contribution in [0.5, 0.6) is 5.75 Å². The van der Waals surface area contributed by atoms with E-state index in [0.29, 0.717) is 5.92 Å². The van der Waals surface area contributed by atoms with Crippen LogP contribution in [0.4, 0.5) is 8.78 Å². The van der Waals surface area contributed by atoms with E-state index < -0.39 is 11.6 Å². The molecule has 0 heterocycles. The summed E-state index contributed by atoms with van der Waals surface area (Å²) in [5.41, 5.74) is 1.84. The highest BCUT2D eigenvalue weighted by Gasteiger charge is 2.31. The topological polar surface area (TPSA) is 9.23 Å². The third kappa shape index (κ3) is 5.67. The van der Waals surface area contributed by atoms with Gasteiger partial charge in [0.2, 0.25) is 5.82 Å². The van der Waals surface area contributed by atoms with Gasteiger partial charge in [0.15, 0.2) is 11.6 Å². The fourth-order valence-corrected chi connectivity index (χ4v) is 5.94. The van der Waals surface area contributed by atoms with Gasteiger partial charge in [-0.05, 0) is 85.5 Å². The van der Waals surface area contributed by atoms with E-state index in [2.05, 4.69) is 6.92 Å². The summed E-state index contributed by atoms with van der Waals surface area (Å²) < 4.78 is 34.3. The van der Waals surface area contributed by atoms with Crippen molar-refractivity contribution in [1.82, 2.24) is 0 Å². The molecule has 168 valence electrons. The van der Waals surface area contributed by atoms with Crippen molar-refractivity contribution in [1.29, 1.82) is 0 Å². The van der Waals surface area contributed by atoms with Crippen LogP contribution in [-0.2, 0) is 6.61 Å². The van der Waals surface area contributed by atoms with E-state index in [9.17, 15) is 8.78 Å². The van der Waals surface area contributed by atoms with Gasteiger partial charge in [-0.15, -0.1) is 0 Å². The maximum absolute atomic E-state index is 14.3. The lowest BCUT2D eigenvalue weighted by atomic mass is 9.68. The second-order valence-electron chi connectivity index (χ2n) is 9.77. The minimum Gasteiger partial charge on any atom is -0.486 e. The van der Waals surface area contributed by atoms with Gasteiger partial charge in [-0.2, -0.15) is 4.39 Å². The van der Waals surface area contributed by atoms with Gasteiger partial charge in [0.05, 0.1) is 0 Å².